The monoisotopic (exact) mass is 275 g/mol. The molecule has 2 rings (SSSR count). The summed E-state index contributed by atoms with van der Waals surface area (Å²) in [7, 11) is 0. The van der Waals surface area contributed by atoms with Crippen LogP contribution in [-0.4, -0.2) is 28.2 Å². The summed E-state index contributed by atoms with van der Waals surface area (Å²) in [6.07, 6.45) is 3.92. The minimum atomic E-state index is 0.0959. The SMILES string of the molecule is CC(C)c1cc(NCC(CO)Cc2ccco2)ncn1. The number of aliphatic hydroxyl groups is 1. The third kappa shape index (κ3) is 4.06. The summed E-state index contributed by atoms with van der Waals surface area (Å²) in [5, 5.41) is 12.7. The van der Waals surface area contributed by atoms with Crippen molar-refractivity contribution in [3.63, 3.8) is 0 Å². The Morgan fingerprint density at radius 2 is 2.20 bits per heavy atom. The fourth-order valence-corrected chi connectivity index (χ4v) is 1.95. The van der Waals surface area contributed by atoms with Gasteiger partial charge in [0, 0.05) is 37.3 Å². The van der Waals surface area contributed by atoms with Gasteiger partial charge >= 0.3 is 0 Å². The van der Waals surface area contributed by atoms with Crippen molar-refractivity contribution in [1.29, 1.82) is 0 Å². The van der Waals surface area contributed by atoms with Crippen LogP contribution in [0.5, 0.6) is 0 Å². The van der Waals surface area contributed by atoms with E-state index in [1.165, 1.54) is 0 Å². The highest BCUT2D eigenvalue weighted by Gasteiger charge is 2.11. The molecule has 2 aromatic heterocycles. The van der Waals surface area contributed by atoms with Crippen LogP contribution in [0.4, 0.5) is 5.82 Å². The van der Waals surface area contributed by atoms with Gasteiger partial charge in [-0.2, -0.15) is 0 Å². The Bertz CT molecular complexity index is 512. The van der Waals surface area contributed by atoms with E-state index in [9.17, 15) is 5.11 Å². The van der Waals surface area contributed by atoms with Crippen LogP contribution in [-0.2, 0) is 6.42 Å². The summed E-state index contributed by atoms with van der Waals surface area (Å²) in [5.74, 6) is 2.15. The van der Waals surface area contributed by atoms with E-state index in [0.29, 0.717) is 18.9 Å². The number of furan rings is 1. The van der Waals surface area contributed by atoms with E-state index in [1.54, 1.807) is 12.6 Å². The largest absolute Gasteiger partial charge is 0.469 e. The van der Waals surface area contributed by atoms with Crippen LogP contribution in [0, 0.1) is 5.92 Å². The average Bonchev–Trinajstić information content (AvgIpc) is 2.96. The van der Waals surface area contributed by atoms with E-state index in [2.05, 4.69) is 29.1 Å². The van der Waals surface area contributed by atoms with Gasteiger partial charge in [-0.05, 0) is 18.1 Å². The maximum absolute atomic E-state index is 9.43. The molecule has 0 spiro atoms. The van der Waals surface area contributed by atoms with Crippen LogP contribution in [0.25, 0.3) is 0 Å². The normalized spacial score (nSPS) is 12.6. The molecule has 5 heteroatoms. The molecule has 5 nitrogen and oxygen atoms in total. The summed E-state index contributed by atoms with van der Waals surface area (Å²) in [4.78, 5) is 8.43. The number of hydrogen-bond donors (Lipinski definition) is 2. The minimum absolute atomic E-state index is 0.0959. The molecule has 1 atom stereocenters. The smallest absolute Gasteiger partial charge is 0.129 e. The van der Waals surface area contributed by atoms with E-state index in [1.807, 2.05) is 18.2 Å². The van der Waals surface area contributed by atoms with Crippen molar-refractivity contribution in [2.45, 2.75) is 26.2 Å². The second kappa shape index (κ2) is 7.05. The van der Waals surface area contributed by atoms with Crippen molar-refractivity contribution in [2.75, 3.05) is 18.5 Å². The zero-order chi connectivity index (χ0) is 14.4. The first-order chi connectivity index (χ1) is 9.69. The third-order valence-corrected chi connectivity index (χ3v) is 3.18. The predicted molar refractivity (Wildman–Crippen MR) is 77.6 cm³/mol. The zero-order valence-corrected chi connectivity index (χ0v) is 11.9. The Balaban J connectivity index is 1.91. The van der Waals surface area contributed by atoms with Gasteiger partial charge < -0.3 is 14.8 Å². The molecule has 108 valence electrons. The van der Waals surface area contributed by atoms with E-state index in [-0.39, 0.29) is 12.5 Å². The molecular weight excluding hydrogens is 254 g/mol. The molecule has 0 aliphatic heterocycles. The molecule has 1 unspecified atom stereocenters. The summed E-state index contributed by atoms with van der Waals surface area (Å²) in [6.45, 7) is 4.95. The van der Waals surface area contributed by atoms with Crippen molar-refractivity contribution in [3.8, 4) is 0 Å². The fourth-order valence-electron chi connectivity index (χ4n) is 1.95. The summed E-state index contributed by atoms with van der Waals surface area (Å²) >= 11 is 0. The fraction of sp³-hybridized carbons (Fsp3) is 0.467. The molecule has 0 amide bonds. The zero-order valence-electron chi connectivity index (χ0n) is 11.9. The second-order valence-corrected chi connectivity index (χ2v) is 5.20. The summed E-state index contributed by atoms with van der Waals surface area (Å²) < 4.78 is 5.30. The van der Waals surface area contributed by atoms with Gasteiger partial charge in [0.2, 0.25) is 0 Å². The minimum Gasteiger partial charge on any atom is -0.469 e. The van der Waals surface area contributed by atoms with Crippen molar-refractivity contribution in [3.05, 3.63) is 42.2 Å². The molecule has 2 heterocycles. The first kappa shape index (κ1) is 14.5. The van der Waals surface area contributed by atoms with Crippen LogP contribution in [0.3, 0.4) is 0 Å². The second-order valence-electron chi connectivity index (χ2n) is 5.20. The maximum Gasteiger partial charge on any atom is 0.129 e. The lowest BCUT2D eigenvalue weighted by Gasteiger charge is -2.14. The van der Waals surface area contributed by atoms with Gasteiger partial charge in [-0.1, -0.05) is 13.8 Å². The van der Waals surface area contributed by atoms with E-state index >= 15 is 0 Å². The van der Waals surface area contributed by atoms with E-state index in [0.717, 1.165) is 17.3 Å². The van der Waals surface area contributed by atoms with Crippen molar-refractivity contribution < 1.29 is 9.52 Å². The Labute approximate surface area is 119 Å². The lowest BCUT2D eigenvalue weighted by molar-refractivity contribution is 0.226. The molecule has 0 radical (unpaired) electrons. The van der Waals surface area contributed by atoms with Crippen molar-refractivity contribution >= 4 is 5.82 Å². The summed E-state index contributed by atoms with van der Waals surface area (Å²) in [5.41, 5.74) is 1.01. The molecule has 20 heavy (non-hydrogen) atoms. The Morgan fingerprint density at radius 3 is 2.85 bits per heavy atom. The topological polar surface area (TPSA) is 71.2 Å². The van der Waals surface area contributed by atoms with Crippen LogP contribution in [0.15, 0.2) is 35.2 Å². The van der Waals surface area contributed by atoms with E-state index < -0.39 is 0 Å². The van der Waals surface area contributed by atoms with Gasteiger partial charge in [0.25, 0.3) is 0 Å². The molecule has 0 aliphatic carbocycles. The first-order valence-electron chi connectivity index (χ1n) is 6.88. The number of rotatable bonds is 7. The molecule has 0 fully saturated rings. The molecule has 0 saturated heterocycles. The van der Waals surface area contributed by atoms with Gasteiger partial charge in [0.1, 0.15) is 17.9 Å². The number of hydrogen-bond acceptors (Lipinski definition) is 5. The Kier molecular flexibility index (Phi) is 5.12. The van der Waals surface area contributed by atoms with E-state index in [4.69, 9.17) is 4.42 Å². The quantitative estimate of drug-likeness (QED) is 0.812. The maximum atomic E-state index is 9.43. The Hall–Kier alpha value is -1.88. The predicted octanol–water partition coefficient (Wildman–Crippen LogP) is 2.46. The third-order valence-electron chi connectivity index (χ3n) is 3.18. The lowest BCUT2D eigenvalue weighted by Crippen LogP contribution is -2.20. The van der Waals surface area contributed by atoms with Crippen molar-refractivity contribution in [1.82, 2.24) is 9.97 Å². The highest BCUT2D eigenvalue weighted by atomic mass is 16.3. The molecule has 2 aromatic rings. The van der Waals surface area contributed by atoms with Crippen LogP contribution in [0.1, 0.15) is 31.2 Å². The van der Waals surface area contributed by atoms with Gasteiger partial charge in [-0.15, -0.1) is 0 Å². The number of aliphatic hydroxyl groups excluding tert-OH is 1. The first-order valence-corrected chi connectivity index (χ1v) is 6.88. The summed E-state index contributed by atoms with van der Waals surface area (Å²) in [6, 6.07) is 5.73. The molecule has 0 saturated carbocycles. The number of nitrogens with one attached hydrogen (secondary N) is 1. The molecule has 0 aliphatic rings. The van der Waals surface area contributed by atoms with Gasteiger partial charge in [0.15, 0.2) is 0 Å². The van der Waals surface area contributed by atoms with Crippen LogP contribution in [0.2, 0.25) is 0 Å². The number of nitrogens with zero attached hydrogens (tertiary/aromatic N) is 2. The van der Waals surface area contributed by atoms with Crippen LogP contribution >= 0.6 is 0 Å². The van der Waals surface area contributed by atoms with Gasteiger partial charge in [0.05, 0.1) is 6.26 Å². The van der Waals surface area contributed by atoms with Crippen LogP contribution < -0.4 is 5.32 Å². The number of anilines is 1. The highest BCUT2D eigenvalue weighted by molar-refractivity contribution is 5.35. The lowest BCUT2D eigenvalue weighted by atomic mass is 10.1. The molecular formula is C15H21N3O2. The molecule has 0 aromatic carbocycles. The molecule has 2 N–H and O–H groups in total. The van der Waals surface area contributed by atoms with Gasteiger partial charge in [-0.3, -0.25) is 0 Å². The Morgan fingerprint density at radius 1 is 1.35 bits per heavy atom. The van der Waals surface area contributed by atoms with Crippen molar-refractivity contribution in [2.24, 2.45) is 5.92 Å². The molecule has 0 bridgehead atoms. The highest BCUT2D eigenvalue weighted by Crippen LogP contribution is 2.15. The average molecular weight is 275 g/mol. The number of aromatic nitrogens is 2. The standard InChI is InChI=1S/C15H21N3O2/c1-11(2)14-7-15(18-10-17-14)16-8-12(9-19)6-13-4-3-5-20-13/h3-5,7,10-12,19H,6,8-9H2,1-2H3,(H,16,17,18). The van der Waals surface area contributed by atoms with Gasteiger partial charge in [-0.25, -0.2) is 9.97 Å².